The molecule has 4 unspecified atom stereocenters. The van der Waals surface area contributed by atoms with Crippen molar-refractivity contribution in [2.75, 3.05) is 0 Å². The average molecular weight is 284 g/mol. The fourth-order valence-corrected chi connectivity index (χ4v) is 4.79. The topological polar surface area (TPSA) is 20.2 Å². The van der Waals surface area contributed by atoms with E-state index in [9.17, 15) is 5.11 Å². The van der Waals surface area contributed by atoms with Crippen molar-refractivity contribution in [3.63, 3.8) is 0 Å². The van der Waals surface area contributed by atoms with Gasteiger partial charge in [0, 0.05) is 0 Å². The number of rotatable bonds is 4. The summed E-state index contributed by atoms with van der Waals surface area (Å²) in [7, 11) is 0. The van der Waals surface area contributed by atoms with Gasteiger partial charge in [-0.15, -0.1) is 0 Å². The molecule has 1 nitrogen and oxygen atoms in total. The second-order valence-electron chi connectivity index (χ2n) is 6.24. The Morgan fingerprint density at radius 3 is 3.00 bits per heavy atom. The lowest BCUT2D eigenvalue weighted by molar-refractivity contribution is 0.133. The van der Waals surface area contributed by atoms with E-state index in [2.05, 4.69) is 41.1 Å². The van der Waals surface area contributed by atoms with Crippen molar-refractivity contribution < 1.29 is 5.11 Å². The van der Waals surface area contributed by atoms with Crippen molar-refractivity contribution >= 4 is 11.3 Å². The maximum absolute atomic E-state index is 10.5. The lowest BCUT2D eigenvalue weighted by Crippen LogP contribution is -2.12. The van der Waals surface area contributed by atoms with E-state index in [1.165, 1.54) is 29.5 Å². The van der Waals surface area contributed by atoms with E-state index < -0.39 is 0 Å². The zero-order valence-electron chi connectivity index (χ0n) is 11.5. The zero-order valence-corrected chi connectivity index (χ0v) is 12.4. The van der Waals surface area contributed by atoms with Gasteiger partial charge in [0.1, 0.15) is 0 Å². The van der Waals surface area contributed by atoms with Crippen LogP contribution in [0.15, 0.2) is 41.1 Å². The van der Waals surface area contributed by atoms with Crippen molar-refractivity contribution in [2.45, 2.75) is 37.7 Å². The van der Waals surface area contributed by atoms with Gasteiger partial charge in [0.05, 0.1) is 6.10 Å². The summed E-state index contributed by atoms with van der Waals surface area (Å²) in [6, 6.07) is 11.0. The molecule has 2 aliphatic carbocycles. The van der Waals surface area contributed by atoms with Gasteiger partial charge in [0.2, 0.25) is 0 Å². The van der Waals surface area contributed by atoms with Crippen molar-refractivity contribution in [2.24, 2.45) is 11.8 Å². The summed E-state index contributed by atoms with van der Waals surface area (Å²) >= 11 is 1.74. The first-order chi connectivity index (χ1) is 9.84. The fraction of sp³-hybridized carbons (Fsp3) is 0.444. The Bertz CT molecular complexity index is 589. The zero-order chi connectivity index (χ0) is 13.5. The Morgan fingerprint density at radius 2 is 2.15 bits per heavy atom. The van der Waals surface area contributed by atoms with Crippen LogP contribution in [0.2, 0.25) is 0 Å². The van der Waals surface area contributed by atoms with Crippen molar-refractivity contribution in [1.29, 1.82) is 0 Å². The molecular formula is C18H20OS. The molecule has 4 rings (SSSR count). The molecule has 0 bridgehead atoms. The smallest absolute Gasteiger partial charge is 0.0580 e. The van der Waals surface area contributed by atoms with Crippen LogP contribution in [-0.4, -0.2) is 11.2 Å². The number of fused-ring (bicyclic) bond motifs is 3. The number of thiophene rings is 1. The fourth-order valence-electron chi connectivity index (χ4n) is 4.09. The summed E-state index contributed by atoms with van der Waals surface area (Å²) in [4.78, 5) is 0. The SMILES string of the molecule is OC(CCc1ccsc1)C1C2CCc3ccccc3C21. The van der Waals surface area contributed by atoms with Crippen molar-refractivity contribution in [1.82, 2.24) is 0 Å². The van der Waals surface area contributed by atoms with Crippen LogP contribution in [0.3, 0.4) is 0 Å². The first-order valence-electron chi connectivity index (χ1n) is 7.61. The molecule has 2 heteroatoms. The number of aryl methyl sites for hydroxylation is 2. The molecule has 20 heavy (non-hydrogen) atoms. The summed E-state index contributed by atoms with van der Waals surface area (Å²) in [6.45, 7) is 0. The van der Waals surface area contributed by atoms with Crippen LogP contribution in [0.4, 0.5) is 0 Å². The maximum Gasteiger partial charge on any atom is 0.0580 e. The van der Waals surface area contributed by atoms with E-state index in [-0.39, 0.29) is 6.10 Å². The molecule has 4 atom stereocenters. The van der Waals surface area contributed by atoms with E-state index in [0.29, 0.717) is 11.8 Å². The Labute approximate surface area is 124 Å². The third kappa shape index (κ3) is 2.11. The highest BCUT2D eigenvalue weighted by atomic mass is 32.1. The van der Waals surface area contributed by atoms with Gasteiger partial charge in [-0.25, -0.2) is 0 Å². The maximum atomic E-state index is 10.5. The number of hydrogen-bond acceptors (Lipinski definition) is 2. The van der Waals surface area contributed by atoms with Crippen LogP contribution in [0.1, 0.15) is 35.4 Å². The normalized spacial score (nSPS) is 28.6. The standard InChI is InChI=1S/C18H20OS/c19-16(8-5-12-9-10-20-11-12)18-15-7-6-13-3-1-2-4-14(13)17(15)18/h1-4,9-11,15-19H,5-8H2. The van der Waals surface area contributed by atoms with Gasteiger partial charge in [-0.1, -0.05) is 24.3 Å². The molecule has 1 heterocycles. The van der Waals surface area contributed by atoms with Gasteiger partial charge in [-0.3, -0.25) is 0 Å². The van der Waals surface area contributed by atoms with Gasteiger partial charge in [0.25, 0.3) is 0 Å². The second kappa shape index (κ2) is 5.01. The minimum Gasteiger partial charge on any atom is -0.393 e. The molecule has 2 aliphatic rings. The molecule has 0 amide bonds. The van der Waals surface area contributed by atoms with Crippen LogP contribution in [0.5, 0.6) is 0 Å². The number of aliphatic hydroxyl groups is 1. The first-order valence-corrected chi connectivity index (χ1v) is 8.56. The Kier molecular flexibility index (Phi) is 3.16. The largest absolute Gasteiger partial charge is 0.393 e. The third-order valence-corrected chi connectivity index (χ3v) is 5.88. The molecular weight excluding hydrogens is 264 g/mol. The highest BCUT2D eigenvalue weighted by Gasteiger charge is 2.55. The van der Waals surface area contributed by atoms with E-state index >= 15 is 0 Å². The number of benzene rings is 1. The predicted molar refractivity (Wildman–Crippen MR) is 83.1 cm³/mol. The van der Waals surface area contributed by atoms with E-state index in [1.807, 2.05) is 0 Å². The van der Waals surface area contributed by atoms with E-state index in [0.717, 1.165) is 18.8 Å². The lowest BCUT2D eigenvalue weighted by atomic mass is 9.92. The third-order valence-electron chi connectivity index (χ3n) is 5.14. The summed E-state index contributed by atoms with van der Waals surface area (Å²) in [5, 5.41) is 14.9. The molecule has 0 spiro atoms. The molecule has 1 N–H and O–H groups in total. The molecule has 1 saturated carbocycles. The molecule has 1 aromatic heterocycles. The molecule has 0 saturated heterocycles. The quantitative estimate of drug-likeness (QED) is 0.899. The monoisotopic (exact) mass is 284 g/mol. The van der Waals surface area contributed by atoms with E-state index in [1.54, 1.807) is 11.3 Å². The Hall–Kier alpha value is -1.12. The lowest BCUT2D eigenvalue weighted by Gasteiger charge is -2.13. The second-order valence-corrected chi connectivity index (χ2v) is 7.02. The van der Waals surface area contributed by atoms with Crippen LogP contribution in [-0.2, 0) is 12.8 Å². The van der Waals surface area contributed by atoms with Crippen LogP contribution < -0.4 is 0 Å². The van der Waals surface area contributed by atoms with Crippen LogP contribution in [0, 0.1) is 11.8 Å². The first kappa shape index (κ1) is 12.6. The van der Waals surface area contributed by atoms with E-state index in [4.69, 9.17) is 0 Å². The molecule has 1 fully saturated rings. The van der Waals surface area contributed by atoms with Gasteiger partial charge >= 0.3 is 0 Å². The highest BCUT2D eigenvalue weighted by Crippen LogP contribution is 2.61. The molecule has 104 valence electrons. The summed E-state index contributed by atoms with van der Waals surface area (Å²) < 4.78 is 0. The van der Waals surface area contributed by atoms with Crippen LogP contribution >= 0.6 is 11.3 Å². The Morgan fingerprint density at radius 1 is 1.25 bits per heavy atom. The van der Waals surface area contributed by atoms with Gasteiger partial charge in [0.15, 0.2) is 0 Å². The minimum absolute atomic E-state index is 0.129. The Balaban J connectivity index is 1.44. The molecule has 0 aliphatic heterocycles. The van der Waals surface area contributed by atoms with Gasteiger partial charge in [-0.05, 0) is 77.0 Å². The molecule has 1 aromatic carbocycles. The van der Waals surface area contributed by atoms with Crippen molar-refractivity contribution in [3.05, 3.63) is 57.8 Å². The van der Waals surface area contributed by atoms with Gasteiger partial charge in [-0.2, -0.15) is 11.3 Å². The number of hydrogen-bond donors (Lipinski definition) is 1. The molecule has 0 radical (unpaired) electrons. The summed E-state index contributed by atoms with van der Waals surface area (Å²) in [5.74, 6) is 1.89. The summed E-state index contributed by atoms with van der Waals surface area (Å²) in [6.07, 6.45) is 4.27. The van der Waals surface area contributed by atoms with Gasteiger partial charge < -0.3 is 5.11 Å². The van der Waals surface area contributed by atoms with Crippen molar-refractivity contribution in [3.8, 4) is 0 Å². The predicted octanol–water partition coefficient (Wildman–Crippen LogP) is 4.02. The number of aliphatic hydroxyl groups excluding tert-OH is 1. The minimum atomic E-state index is -0.129. The summed E-state index contributed by atoms with van der Waals surface area (Å²) in [5.41, 5.74) is 4.41. The molecule has 2 aromatic rings. The average Bonchev–Trinajstić information content (AvgIpc) is 3.00. The van der Waals surface area contributed by atoms with Crippen LogP contribution in [0.25, 0.3) is 0 Å². The highest BCUT2D eigenvalue weighted by molar-refractivity contribution is 7.07.